The first kappa shape index (κ1) is 17.4. The van der Waals surface area contributed by atoms with Crippen LogP contribution in [-0.2, 0) is 9.59 Å². The van der Waals surface area contributed by atoms with Gasteiger partial charge in [-0.2, -0.15) is 0 Å². The zero-order valence-corrected chi connectivity index (χ0v) is 13.2. The fourth-order valence-electron chi connectivity index (χ4n) is 2.83. The van der Waals surface area contributed by atoms with Crippen LogP contribution in [0.3, 0.4) is 0 Å². The van der Waals surface area contributed by atoms with Gasteiger partial charge in [-0.05, 0) is 37.5 Å². The lowest BCUT2D eigenvalue weighted by Gasteiger charge is -2.21. The molecule has 4 nitrogen and oxygen atoms in total. The van der Waals surface area contributed by atoms with E-state index in [1.54, 1.807) is 6.92 Å². The summed E-state index contributed by atoms with van der Waals surface area (Å²) in [4.78, 5) is 23.8. The van der Waals surface area contributed by atoms with Crippen molar-refractivity contribution in [2.24, 2.45) is 5.92 Å². The van der Waals surface area contributed by atoms with Gasteiger partial charge in [-0.3, -0.25) is 9.59 Å². The normalized spacial score (nSPS) is 16.7. The minimum atomic E-state index is -0.950. The third-order valence-electron chi connectivity index (χ3n) is 4.22. The average molecular weight is 324 g/mol. The van der Waals surface area contributed by atoms with Crippen molar-refractivity contribution in [3.8, 4) is 0 Å². The Morgan fingerprint density at radius 3 is 2.52 bits per heavy atom. The third kappa shape index (κ3) is 5.01. The van der Waals surface area contributed by atoms with Crippen molar-refractivity contribution in [3.63, 3.8) is 0 Å². The summed E-state index contributed by atoms with van der Waals surface area (Å²) in [5, 5.41) is 5.30. The summed E-state index contributed by atoms with van der Waals surface area (Å²) < 4.78 is 26.1. The average Bonchev–Trinajstić information content (AvgIpc) is 2.55. The van der Waals surface area contributed by atoms with Crippen molar-refractivity contribution in [1.29, 1.82) is 0 Å². The van der Waals surface area contributed by atoms with Crippen LogP contribution in [0.25, 0.3) is 0 Å². The second kappa shape index (κ2) is 8.04. The number of nitrogens with one attached hydrogen (secondary N) is 2. The molecule has 23 heavy (non-hydrogen) atoms. The Balaban J connectivity index is 1.79. The van der Waals surface area contributed by atoms with Gasteiger partial charge in [-0.15, -0.1) is 0 Å². The van der Waals surface area contributed by atoms with E-state index >= 15 is 0 Å². The Kier molecular flexibility index (Phi) is 6.07. The van der Waals surface area contributed by atoms with Gasteiger partial charge in [-0.25, -0.2) is 8.78 Å². The summed E-state index contributed by atoms with van der Waals surface area (Å²) in [6.07, 6.45) is 5.02. The SMILES string of the molecule is C[C@H](NC(=O)CNC(=O)C1CCCCC1)c1ccc(F)c(F)c1. The lowest BCUT2D eigenvalue weighted by Crippen LogP contribution is -2.40. The summed E-state index contributed by atoms with van der Waals surface area (Å²) in [6.45, 7) is 1.57. The third-order valence-corrected chi connectivity index (χ3v) is 4.22. The zero-order valence-electron chi connectivity index (χ0n) is 13.2. The highest BCUT2D eigenvalue weighted by atomic mass is 19.2. The summed E-state index contributed by atoms with van der Waals surface area (Å²) in [7, 11) is 0. The number of halogens is 2. The molecule has 0 aromatic heterocycles. The van der Waals surface area contributed by atoms with Crippen LogP contribution in [0.2, 0.25) is 0 Å². The van der Waals surface area contributed by atoms with Crippen LogP contribution >= 0.6 is 0 Å². The van der Waals surface area contributed by atoms with Gasteiger partial charge in [0.25, 0.3) is 0 Å². The minimum absolute atomic E-state index is 0.000155. The molecule has 0 unspecified atom stereocenters. The molecule has 126 valence electrons. The lowest BCUT2D eigenvalue weighted by atomic mass is 9.89. The topological polar surface area (TPSA) is 58.2 Å². The first-order chi connectivity index (χ1) is 11.0. The van der Waals surface area contributed by atoms with Crippen molar-refractivity contribution in [2.75, 3.05) is 6.54 Å². The van der Waals surface area contributed by atoms with Gasteiger partial charge in [0, 0.05) is 5.92 Å². The van der Waals surface area contributed by atoms with E-state index in [-0.39, 0.29) is 24.3 Å². The standard InChI is InChI=1S/C17H22F2N2O2/c1-11(13-7-8-14(18)15(19)9-13)21-16(22)10-20-17(23)12-5-3-2-4-6-12/h7-9,11-12H,2-6,10H2,1H3,(H,20,23)(H,21,22)/t11-/m0/s1. The molecule has 2 amide bonds. The highest BCUT2D eigenvalue weighted by Gasteiger charge is 2.21. The van der Waals surface area contributed by atoms with E-state index < -0.39 is 17.7 Å². The molecule has 0 saturated heterocycles. The maximum Gasteiger partial charge on any atom is 0.239 e. The van der Waals surface area contributed by atoms with Crippen molar-refractivity contribution >= 4 is 11.8 Å². The van der Waals surface area contributed by atoms with Gasteiger partial charge in [0.15, 0.2) is 11.6 Å². The maximum absolute atomic E-state index is 13.2. The number of amides is 2. The molecule has 1 saturated carbocycles. The molecule has 0 spiro atoms. The molecule has 6 heteroatoms. The Hall–Kier alpha value is -1.98. The van der Waals surface area contributed by atoms with Gasteiger partial charge in [-0.1, -0.05) is 25.3 Å². The van der Waals surface area contributed by atoms with Crippen LogP contribution in [0.1, 0.15) is 50.6 Å². The smallest absolute Gasteiger partial charge is 0.239 e. The van der Waals surface area contributed by atoms with E-state index in [1.165, 1.54) is 6.07 Å². The molecule has 0 radical (unpaired) electrons. The minimum Gasteiger partial charge on any atom is -0.348 e. The van der Waals surface area contributed by atoms with Crippen molar-refractivity contribution < 1.29 is 18.4 Å². The predicted molar refractivity (Wildman–Crippen MR) is 82.5 cm³/mol. The van der Waals surface area contributed by atoms with Gasteiger partial charge >= 0.3 is 0 Å². The number of hydrogen-bond donors (Lipinski definition) is 2. The zero-order chi connectivity index (χ0) is 16.8. The van der Waals surface area contributed by atoms with Crippen molar-refractivity contribution in [2.45, 2.75) is 45.1 Å². The Morgan fingerprint density at radius 1 is 1.17 bits per heavy atom. The van der Waals surface area contributed by atoms with Crippen LogP contribution in [0.5, 0.6) is 0 Å². The van der Waals surface area contributed by atoms with E-state index in [0.717, 1.165) is 44.2 Å². The van der Waals surface area contributed by atoms with E-state index in [4.69, 9.17) is 0 Å². The largest absolute Gasteiger partial charge is 0.348 e. The molecule has 0 aliphatic heterocycles. The van der Waals surface area contributed by atoms with Gasteiger partial charge in [0.05, 0.1) is 12.6 Å². The predicted octanol–water partition coefficient (Wildman–Crippen LogP) is 2.84. The summed E-state index contributed by atoms with van der Waals surface area (Å²) in [5.41, 5.74) is 0.468. The quantitative estimate of drug-likeness (QED) is 0.875. The van der Waals surface area contributed by atoms with Crippen LogP contribution in [0.15, 0.2) is 18.2 Å². The van der Waals surface area contributed by atoms with Crippen LogP contribution < -0.4 is 10.6 Å². The lowest BCUT2D eigenvalue weighted by molar-refractivity contribution is -0.129. The fourth-order valence-corrected chi connectivity index (χ4v) is 2.83. The second-order valence-corrected chi connectivity index (χ2v) is 6.02. The molecule has 0 bridgehead atoms. The number of carbonyl (C=O) groups is 2. The van der Waals surface area contributed by atoms with Crippen molar-refractivity contribution in [3.05, 3.63) is 35.4 Å². The maximum atomic E-state index is 13.2. The van der Waals surface area contributed by atoms with E-state index in [1.807, 2.05) is 0 Å². The summed E-state index contributed by atoms with van der Waals surface area (Å²) in [6, 6.07) is 3.03. The van der Waals surface area contributed by atoms with Crippen LogP contribution in [-0.4, -0.2) is 18.4 Å². The molecule has 1 aliphatic rings. The van der Waals surface area contributed by atoms with Crippen LogP contribution in [0.4, 0.5) is 8.78 Å². The molecule has 1 aromatic rings. The number of carbonyl (C=O) groups excluding carboxylic acids is 2. The Bertz CT molecular complexity index is 572. The fraction of sp³-hybridized carbons (Fsp3) is 0.529. The van der Waals surface area contributed by atoms with Crippen molar-refractivity contribution in [1.82, 2.24) is 10.6 Å². The summed E-state index contributed by atoms with van der Waals surface area (Å²) in [5.74, 6) is -2.31. The molecule has 1 aliphatic carbocycles. The molecule has 2 rings (SSSR count). The Morgan fingerprint density at radius 2 is 1.87 bits per heavy atom. The first-order valence-electron chi connectivity index (χ1n) is 7.99. The molecular formula is C17H22F2N2O2. The molecule has 2 N–H and O–H groups in total. The van der Waals surface area contributed by atoms with Gasteiger partial charge in [0.1, 0.15) is 0 Å². The highest BCUT2D eigenvalue weighted by Crippen LogP contribution is 2.23. The molecular weight excluding hydrogens is 302 g/mol. The molecule has 1 aromatic carbocycles. The van der Waals surface area contributed by atoms with E-state index in [9.17, 15) is 18.4 Å². The van der Waals surface area contributed by atoms with Crippen LogP contribution in [0, 0.1) is 17.6 Å². The van der Waals surface area contributed by atoms with Gasteiger partial charge < -0.3 is 10.6 Å². The van der Waals surface area contributed by atoms with Gasteiger partial charge in [0.2, 0.25) is 11.8 Å². The number of benzene rings is 1. The Labute approximate surface area is 134 Å². The molecule has 1 fully saturated rings. The monoisotopic (exact) mass is 324 g/mol. The van der Waals surface area contributed by atoms with E-state index in [0.29, 0.717) is 5.56 Å². The summed E-state index contributed by atoms with van der Waals surface area (Å²) >= 11 is 0. The van der Waals surface area contributed by atoms with E-state index in [2.05, 4.69) is 10.6 Å². The molecule has 0 heterocycles. The molecule has 1 atom stereocenters. The number of hydrogen-bond acceptors (Lipinski definition) is 2. The highest BCUT2D eigenvalue weighted by molar-refractivity contribution is 5.86. The number of rotatable bonds is 5. The second-order valence-electron chi connectivity index (χ2n) is 6.02. The first-order valence-corrected chi connectivity index (χ1v) is 7.99.